The van der Waals surface area contributed by atoms with E-state index < -0.39 is 17.9 Å². The molecule has 1 aromatic rings. The Labute approximate surface area is 192 Å². The topological polar surface area (TPSA) is 105 Å². The van der Waals surface area contributed by atoms with Gasteiger partial charge in [-0.05, 0) is 38.5 Å². The van der Waals surface area contributed by atoms with E-state index in [0.717, 1.165) is 77.0 Å². The van der Waals surface area contributed by atoms with Gasteiger partial charge in [0, 0.05) is 12.1 Å². The first-order valence-corrected chi connectivity index (χ1v) is 12.0. The van der Waals surface area contributed by atoms with Crippen LogP contribution >= 0.6 is 0 Å². The molecule has 0 aromatic heterocycles. The third kappa shape index (κ3) is 5.72. The molecule has 4 rings (SSSR count). The van der Waals surface area contributed by atoms with Gasteiger partial charge in [-0.15, -0.1) is 0 Å². The maximum atomic E-state index is 12.7. The van der Waals surface area contributed by atoms with Gasteiger partial charge >= 0.3 is 17.9 Å². The Morgan fingerprint density at radius 3 is 1.21 bits per heavy atom. The predicted octanol–water partition coefficient (Wildman–Crippen LogP) is 4.51. The highest BCUT2D eigenvalue weighted by Gasteiger charge is 2.31. The van der Waals surface area contributed by atoms with E-state index in [-0.39, 0.29) is 47.2 Å². The van der Waals surface area contributed by atoms with E-state index in [1.807, 2.05) is 0 Å². The molecule has 1 aromatic carbocycles. The monoisotopic (exact) mass is 458 g/mol. The van der Waals surface area contributed by atoms with Crippen LogP contribution in [0.5, 0.6) is 23.0 Å². The fraction of sp³-hybridized carbons (Fsp3) is 0.600. The fourth-order valence-corrected chi connectivity index (χ4v) is 4.97. The zero-order valence-corrected chi connectivity index (χ0v) is 18.7. The van der Waals surface area contributed by atoms with E-state index in [1.165, 1.54) is 12.1 Å². The summed E-state index contributed by atoms with van der Waals surface area (Å²) in [7, 11) is 0. The molecule has 0 spiro atoms. The van der Waals surface area contributed by atoms with E-state index in [0.29, 0.717) is 0 Å². The number of carbonyl (C=O) groups excluding carboxylic acids is 4. The molecule has 0 saturated heterocycles. The van der Waals surface area contributed by atoms with Crippen LogP contribution in [0.25, 0.3) is 0 Å². The normalized spacial score (nSPS) is 19.4. The summed E-state index contributed by atoms with van der Waals surface area (Å²) in [5.41, 5.74) is 0. The molecule has 3 aliphatic carbocycles. The summed E-state index contributed by atoms with van der Waals surface area (Å²) in [6, 6.07) is 2.57. The first-order valence-electron chi connectivity index (χ1n) is 12.0. The summed E-state index contributed by atoms with van der Waals surface area (Å²) in [5.74, 6) is -2.11. The van der Waals surface area contributed by atoms with Gasteiger partial charge in [0.1, 0.15) is 0 Å². The minimum atomic E-state index is -0.424. The maximum Gasteiger partial charge on any atom is 0.314 e. The molecule has 0 unspecified atom stereocenters. The molecule has 3 aliphatic rings. The van der Waals surface area contributed by atoms with E-state index in [9.17, 15) is 19.2 Å². The molecule has 0 atom stereocenters. The highest BCUT2D eigenvalue weighted by atomic mass is 16.6. The van der Waals surface area contributed by atoms with Crippen molar-refractivity contribution in [3.05, 3.63) is 12.1 Å². The lowest BCUT2D eigenvalue weighted by molar-refractivity contribution is -0.141. The van der Waals surface area contributed by atoms with E-state index in [4.69, 9.17) is 18.9 Å². The molecule has 33 heavy (non-hydrogen) atoms. The third-order valence-electron chi connectivity index (χ3n) is 6.88. The molecule has 0 heterocycles. The lowest BCUT2D eigenvalue weighted by Crippen LogP contribution is -2.21. The van der Waals surface area contributed by atoms with Gasteiger partial charge in [0.25, 0.3) is 6.47 Å². The van der Waals surface area contributed by atoms with Gasteiger partial charge < -0.3 is 18.9 Å². The van der Waals surface area contributed by atoms with Crippen molar-refractivity contribution in [2.24, 2.45) is 17.8 Å². The Bertz CT molecular complexity index is 890. The summed E-state index contributed by atoms with van der Waals surface area (Å²) >= 11 is 0. The third-order valence-corrected chi connectivity index (χ3v) is 6.88. The summed E-state index contributed by atoms with van der Waals surface area (Å²) in [5, 5.41) is 0. The van der Waals surface area contributed by atoms with Crippen LogP contribution in [0.1, 0.15) is 77.0 Å². The van der Waals surface area contributed by atoms with Gasteiger partial charge in [-0.25, -0.2) is 0 Å². The Hall–Kier alpha value is -2.90. The second kappa shape index (κ2) is 10.8. The van der Waals surface area contributed by atoms with Crippen molar-refractivity contribution in [1.29, 1.82) is 0 Å². The van der Waals surface area contributed by atoms with Gasteiger partial charge in [0.2, 0.25) is 0 Å². The quantitative estimate of drug-likeness (QED) is 0.318. The molecular formula is C25H30O8. The second-order valence-corrected chi connectivity index (χ2v) is 9.17. The Kier molecular flexibility index (Phi) is 7.62. The molecule has 8 heteroatoms. The number of hydrogen-bond acceptors (Lipinski definition) is 8. The van der Waals surface area contributed by atoms with Gasteiger partial charge in [-0.3, -0.25) is 19.2 Å². The summed E-state index contributed by atoms with van der Waals surface area (Å²) in [6.45, 7) is 0.203. The smallest absolute Gasteiger partial charge is 0.314 e. The molecule has 3 fully saturated rings. The summed E-state index contributed by atoms with van der Waals surface area (Å²) in [6.07, 6.45) is 10.2. The van der Waals surface area contributed by atoms with Crippen LogP contribution < -0.4 is 18.9 Å². The molecule has 8 nitrogen and oxygen atoms in total. The molecule has 0 N–H and O–H groups in total. The first kappa shape index (κ1) is 23.3. The summed E-state index contributed by atoms with van der Waals surface area (Å²) < 4.78 is 21.8. The molecule has 0 bridgehead atoms. The molecular weight excluding hydrogens is 428 g/mol. The Morgan fingerprint density at radius 2 is 0.879 bits per heavy atom. The number of ether oxygens (including phenoxy) is 4. The van der Waals surface area contributed by atoms with Gasteiger partial charge in [-0.2, -0.15) is 0 Å². The first-order chi connectivity index (χ1) is 16.0. The second-order valence-electron chi connectivity index (χ2n) is 9.17. The maximum absolute atomic E-state index is 12.7. The number of hydrogen-bond donors (Lipinski definition) is 0. The van der Waals surface area contributed by atoms with Crippen molar-refractivity contribution in [2.45, 2.75) is 77.0 Å². The van der Waals surface area contributed by atoms with E-state index in [2.05, 4.69) is 0 Å². The Balaban J connectivity index is 1.62. The van der Waals surface area contributed by atoms with Crippen LogP contribution in [0.3, 0.4) is 0 Å². The van der Waals surface area contributed by atoms with Crippen molar-refractivity contribution in [2.75, 3.05) is 0 Å². The van der Waals surface area contributed by atoms with Crippen molar-refractivity contribution in [1.82, 2.24) is 0 Å². The van der Waals surface area contributed by atoms with Crippen molar-refractivity contribution >= 4 is 24.4 Å². The number of carbonyl (C=O) groups is 4. The van der Waals surface area contributed by atoms with E-state index in [1.54, 1.807) is 0 Å². The van der Waals surface area contributed by atoms with Crippen LogP contribution in [0.15, 0.2) is 12.1 Å². The average Bonchev–Trinajstić information content (AvgIpc) is 3.59. The van der Waals surface area contributed by atoms with Crippen LogP contribution in [-0.2, 0) is 19.2 Å². The van der Waals surface area contributed by atoms with Crippen LogP contribution in [0.2, 0.25) is 0 Å². The van der Waals surface area contributed by atoms with Crippen molar-refractivity contribution in [3.63, 3.8) is 0 Å². The number of benzene rings is 1. The van der Waals surface area contributed by atoms with Crippen molar-refractivity contribution < 1.29 is 38.1 Å². The van der Waals surface area contributed by atoms with Crippen LogP contribution in [0.4, 0.5) is 0 Å². The molecule has 178 valence electrons. The zero-order chi connectivity index (χ0) is 23.2. The lowest BCUT2D eigenvalue weighted by Gasteiger charge is -2.18. The van der Waals surface area contributed by atoms with Crippen LogP contribution in [0, 0.1) is 17.8 Å². The average molecular weight is 459 g/mol. The fourth-order valence-electron chi connectivity index (χ4n) is 4.97. The standard InChI is InChI=1S/C25H30O8/c26-15-30-19-13-21(32-24(28)17-9-3-4-10-17)22(33-25(29)18-11-5-6-12-18)14-20(19)31-23(27)16-7-1-2-8-16/h13-18H,1-12H2. The SMILES string of the molecule is O=COc1cc(OC(=O)C2CCCC2)c(OC(=O)C2CCCC2)cc1OC(=O)C1CCCC1. The number of esters is 3. The minimum Gasteiger partial charge on any atom is -0.425 e. The largest absolute Gasteiger partial charge is 0.425 e. The predicted molar refractivity (Wildman–Crippen MR) is 116 cm³/mol. The van der Waals surface area contributed by atoms with Crippen LogP contribution in [-0.4, -0.2) is 24.4 Å². The van der Waals surface area contributed by atoms with Gasteiger partial charge in [0.05, 0.1) is 17.8 Å². The summed E-state index contributed by atoms with van der Waals surface area (Å²) in [4.78, 5) is 49.0. The zero-order valence-electron chi connectivity index (χ0n) is 18.7. The molecule has 3 saturated carbocycles. The van der Waals surface area contributed by atoms with E-state index >= 15 is 0 Å². The lowest BCUT2D eigenvalue weighted by atomic mass is 10.1. The minimum absolute atomic E-state index is 0.0225. The highest BCUT2D eigenvalue weighted by Crippen LogP contribution is 2.42. The van der Waals surface area contributed by atoms with Crippen molar-refractivity contribution in [3.8, 4) is 23.0 Å². The molecule has 0 amide bonds. The molecule has 0 radical (unpaired) electrons. The Morgan fingerprint density at radius 1 is 0.576 bits per heavy atom. The van der Waals surface area contributed by atoms with Gasteiger partial charge in [0.15, 0.2) is 23.0 Å². The number of rotatable bonds is 8. The molecule has 0 aliphatic heterocycles. The van der Waals surface area contributed by atoms with Gasteiger partial charge in [-0.1, -0.05) is 38.5 Å². The highest BCUT2D eigenvalue weighted by molar-refractivity contribution is 5.81.